The third-order valence-corrected chi connectivity index (χ3v) is 5.59. The zero-order chi connectivity index (χ0) is 20.9. The van der Waals surface area contributed by atoms with Crippen molar-refractivity contribution in [1.82, 2.24) is 19.7 Å². The Bertz CT molecular complexity index is 1090. The highest BCUT2D eigenvalue weighted by molar-refractivity contribution is 7.89. The summed E-state index contributed by atoms with van der Waals surface area (Å²) in [4.78, 5) is 13.1. The maximum atomic E-state index is 12.3. The molecule has 29 heavy (non-hydrogen) atoms. The van der Waals surface area contributed by atoms with Gasteiger partial charge in [-0.3, -0.25) is 0 Å². The van der Waals surface area contributed by atoms with Crippen LogP contribution in [-0.4, -0.2) is 36.5 Å². The first-order valence-corrected chi connectivity index (χ1v) is 10.7. The molecule has 0 aliphatic carbocycles. The Morgan fingerprint density at radius 1 is 0.931 bits per heavy atom. The first-order valence-electron chi connectivity index (χ1n) is 8.86. The van der Waals surface area contributed by atoms with Crippen molar-refractivity contribution in [3.05, 3.63) is 65.1 Å². The van der Waals surface area contributed by atoms with Crippen LogP contribution in [0.1, 0.15) is 11.4 Å². The molecule has 0 spiro atoms. The maximum absolute atomic E-state index is 12.3. The van der Waals surface area contributed by atoms with Gasteiger partial charge in [-0.1, -0.05) is 11.6 Å². The molecule has 0 bridgehead atoms. The lowest BCUT2D eigenvalue weighted by molar-refractivity contribution is 0.583. The molecule has 152 valence electrons. The number of aromatic nitrogens is 3. The van der Waals surface area contributed by atoms with Gasteiger partial charge in [0.1, 0.15) is 23.3 Å². The van der Waals surface area contributed by atoms with Crippen LogP contribution < -0.4 is 15.4 Å². The van der Waals surface area contributed by atoms with Crippen molar-refractivity contribution in [2.24, 2.45) is 0 Å². The predicted molar refractivity (Wildman–Crippen MR) is 114 cm³/mol. The molecule has 0 atom stereocenters. The van der Waals surface area contributed by atoms with Crippen molar-refractivity contribution >= 4 is 39.1 Å². The summed E-state index contributed by atoms with van der Waals surface area (Å²) < 4.78 is 27.1. The molecule has 3 N–H and O–H groups in total. The van der Waals surface area contributed by atoms with E-state index < -0.39 is 10.0 Å². The van der Waals surface area contributed by atoms with Gasteiger partial charge in [0.25, 0.3) is 0 Å². The van der Waals surface area contributed by atoms with E-state index in [1.165, 1.54) is 24.3 Å². The third kappa shape index (κ3) is 6.11. The highest BCUT2D eigenvalue weighted by Crippen LogP contribution is 2.17. The quantitative estimate of drug-likeness (QED) is 0.468. The Kier molecular flexibility index (Phi) is 6.63. The molecule has 0 fully saturated rings. The minimum absolute atomic E-state index is 0.164. The Morgan fingerprint density at radius 3 is 2.38 bits per heavy atom. The van der Waals surface area contributed by atoms with Crippen LogP contribution in [0.2, 0.25) is 5.02 Å². The van der Waals surface area contributed by atoms with Crippen molar-refractivity contribution in [2.75, 3.05) is 23.7 Å². The molecular formula is C19H21ClN6O2S. The summed E-state index contributed by atoms with van der Waals surface area (Å²) in [5.41, 5.74) is 1.08. The molecule has 0 aliphatic rings. The number of rotatable bonds is 8. The summed E-state index contributed by atoms with van der Waals surface area (Å²) >= 11 is 5.79. The summed E-state index contributed by atoms with van der Waals surface area (Å²) in [6.07, 6.45) is 1.72. The monoisotopic (exact) mass is 432 g/mol. The van der Waals surface area contributed by atoms with E-state index in [4.69, 9.17) is 11.6 Å². The number of aryl methyl sites for hydroxylation is 2. The number of hydrogen-bond donors (Lipinski definition) is 3. The van der Waals surface area contributed by atoms with Crippen LogP contribution in [-0.2, 0) is 10.0 Å². The molecule has 3 aromatic rings. The van der Waals surface area contributed by atoms with Crippen LogP contribution in [0.4, 0.5) is 17.5 Å². The number of anilines is 3. The van der Waals surface area contributed by atoms with Crippen molar-refractivity contribution in [3.63, 3.8) is 0 Å². The van der Waals surface area contributed by atoms with Crippen molar-refractivity contribution in [2.45, 2.75) is 18.7 Å². The second kappa shape index (κ2) is 9.17. The highest BCUT2D eigenvalue weighted by atomic mass is 35.5. The molecular weight excluding hydrogens is 412 g/mol. The average Bonchev–Trinajstić information content (AvgIpc) is 2.65. The van der Waals surface area contributed by atoms with Crippen LogP contribution in [0.25, 0.3) is 0 Å². The SMILES string of the molecule is Cc1ccnc(Nc2cc(NCCNS(=O)(=O)c3ccc(Cl)cc3)nc(C)n2)c1. The van der Waals surface area contributed by atoms with E-state index in [1.54, 1.807) is 19.2 Å². The van der Waals surface area contributed by atoms with Gasteiger partial charge in [0.05, 0.1) is 4.90 Å². The van der Waals surface area contributed by atoms with E-state index in [0.29, 0.717) is 34.8 Å². The van der Waals surface area contributed by atoms with Crippen molar-refractivity contribution < 1.29 is 8.42 Å². The first kappa shape index (κ1) is 21.0. The highest BCUT2D eigenvalue weighted by Gasteiger charge is 2.13. The molecule has 0 amide bonds. The summed E-state index contributed by atoms with van der Waals surface area (Å²) in [5.74, 6) is 2.44. The predicted octanol–water partition coefficient (Wildman–Crippen LogP) is 3.28. The van der Waals surface area contributed by atoms with E-state index in [1.807, 2.05) is 19.1 Å². The number of pyridine rings is 1. The normalized spacial score (nSPS) is 11.3. The molecule has 0 saturated heterocycles. The Labute approximate surface area is 174 Å². The fraction of sp³-hybridized carbons (Fsp3) is 0.211. The van der Waals surface area contributed by atoms with Gasteiger partial charge < -0.3 is 10.6 Å². The standard InChI is InChI=1S/C19H21ClN6O2S/c1-13-7-8-21-17(11-13)26-19-12-18(24-14(2)25-19)22-9-10-23-29(27,28)16-5-3-15(20)4-6-16/h3-8,11-12,23H,9-10H2,1-2H3,(H2,21,22,24,25,26). The Hall–Kier alpha value is -2.75. The lowest BCUT2D eigenvalue weighted by atomic mass is 10.3. The number of nitrogens with one attached hydrogen (secondary N) is 3. The van der Waals surface area contributed by atoms with Gasteiger partial charge in [-0.15, -0.1) is 0 Å². The van der Waals surface area contributed by atoms with E-state index >= 15 is 0 Å². The lowest BCUT2D eigenvalue weighted by Crippen LogP contribution is -2.29. The summed E-state index contributed by atoms with van der Waals surface area (Å²) in [6.45, 7) is 4.31. The zero-order valence-electron chi connectivity index (χ0n) is 16.0. The van der Waals surface area contributed by atoms with E-state index in [0.717, 1.165) is 5.56 Å². The Morgan fingerprint density at radius 2 is 1.66 bits per heavy atom. The molecule has 10 heteroatoms. The molecule has 2 heterocycles. The van der Waals surface area contributed by atoms with Crippen LogP contribution in [0.15, 0.2) is 53.6 Å². The minimum Gasteiger partial charge on any atom is -0.369 e. The molecule has 2 aromatic heterocycles. The second-order valence-corrected chi connectivity index (χ2v) is 8.51. The van der Waals surface area contributed by atoms with Gasteiger partial charge in [-0.2, -0.15) is 0 Å². The number of sulfonamides is 1. The van der Waals surface area contributed by atoms with Crippen molar-refractivity contribution in [1.29, 1.82) is 0 Å². The van der Waals surface area contributed by atoms with Gasteiger partial charge in [0, 0.05) is 30.4 Å². The van der Waals surface area contributed by atoms with Crippen LogP contribution in [0, 0.1) is 13.8 Å². The molecule has 0 aliphatic heterocycles. The third-order valence-electron chi connectivity index (χ3n) is 3.86. The van der Waals surface area contributed by atoms with Gasteiger partial charge >= 0.3 is 0 Å². The minimum atomic E-state index is -3.59. The summed E-state index contributed by atoms with van der Waals surface area (Å²) in [5, 5.41) is 6.72. The Balaban J connectivity index is 1.58. The molecule has 8 nitrogen and oxygen atoms in total. The van der Waals surface area contributed by atoms with Gasteiger partial charge in [-0.25, -0.2) is 28.1 Å². The number of hydrogen-bond acceptors (Lipinski definition) is 7. The smallest absolute Gasteiger partial charge is 0.240 e. The maximum Gasteiger partial charge on any atom is 0.240 e. The van der Waals surface area contributed by atoms with Crippen molar-refractivity contribution in [3.8, 4) is 0 Å². The molecule has 1 aromatic carbocycles. The number of halogens is 1. The van der Waals surface area contributed by atoms with E-state index in [9.17, 15) is 8.42 Å². The number of benzene rings is 1. The lowest BCUT2D eigenvalue weighted by Gasteiger charge is -2.11. The zero-order valence-corrected chi connectivity index (χ0v) is 17.5. The molecule has 0 saturated carbocycles. The van der Waals surface area contributed by atoms with Gasteiger partial charge in [0.15, 0.2) is 0 Å². The molecule has 0 radical (unpaired) electrons. The van der Waals surface area contributed by atoms with Gasteiger partial charge in [0.2, 0.25) is 10.0 Å². The topological polar surface area (TPSA) is 109 Å². The van der Waals surface area contributed by atoms with Crippen LogP contribution >= 0.6 is 11.6 Å². The van der Waals surface area contributed by atoms with Crippen LogP contribution in [0.5, 0.6) is 0 Å². The second-order valence-electron chi connectivity index (χ2n) is 6.31. The van der Waals surface area contributed by atoms with E-state index in [2.05, 4.69) is 30.3 Å². The fourth-order valence-electron chi connectivity index (χ4n) is 2.53. The summed E-state index contributed by atoms with van der Waals surface area (Å²) in [7, 11) is -3.59. The largest absolute Gasteiger partial charge is 0.369 e. The molecule has 3 rings (SSSR count). The van der Waals surface area contributed by atoms with Gasteiger partial charge in [-0.05, 0) is 55.8 Å². The fourth-order valence-corrected chi connectivity index (χ4v) is 3.69. The first-order chi connectivity index (χ1) is 13.8. The summed E-state index contributed by atoms with van der Waals surface area (Å²) in [6, 6.07) is 11.6. The number of nitrogens with zero attached hydrogens (tertiary/aromatic N) is 3. The van der Waals surface area contributed by atoms with Crippen LogP contribution in [0.3, 0.4) is 0 Å². The average molecular weight is 433 g/mol. The molecule has 0 unspecified atom stereocenters. The van der Waals surface area contributed by atoms with E-state index in [-0.39, 0.29) is 11.4 Å².